The summed E-state index contributed by atoms with van der Waals surface area (Å²) in [7, 11) is 0. The molecule has 0 fully saturated rings. The fourth-order valence-electron chi connectivity index (χ4n) is 2.53. The first-order valence-electron chi connectivity index (χ1n) is 8.17. The minimum absolute atomic E-state index is 0.00744. The van der Waals surface area contributed by atoms with E-state index in [0.717, 1.165) is 17.5 Å². The second kappa shape index (κ2) is 7.48. The van der Waals surface area contributed by atoms with Crippen molar-refractivity contribution >= 4 is 40.1 Å². The molecule has 130 valence electrons. The average Bonchev–Trinajstić information content (AvgIpc) is 3.27. The minimum Gasteiger partial charge on any atom is -0.340 e. The number of para-hydroxylation sites is 2. The first-order valence-corrected chi connectivity index (χ1v) is 9.11. The highest BCUT2D eigenvalue weighted by Gasteiger charge is 2.27. The third-order valence-corrected chi connectivity index (χ3v) is 4.88. The number of imidazole rings is 1. The van der Waals surface area contributed by atoms with Crippen molar-refractivity contribution in [2.24, 2.45) is 5.92 Å². The highest BCUT2D eigenvalue weighted by atomic mass is 32.1. The monoisotopic (exact) mass is 356 g/mol. The van der Waals surface area contributed by atoms with Crippen LogP contribution in [-0.2, 0) is 4.79 Å². The molecule has 6 nitrogen and oxygen atoms in total. The SMILES string of the molecule is CC[C@@H](C)[C@@H](NC(=O)c1ccsc1)C(=O)Nc1nc2ccccc2[nH]1. The van der Waals surface area contributed by atoms with Crippen LogP contribution >= 0.6 is 11.3 Å². The number of amides is 2. The highest BCUT2D eigenvalue weighted by Crippen LogP contribution is 2.16. The summed E-state index contributed by atoms with van der Waals surface area (Å²) in [6.45, 7) is 3.93. The van der Waals surface area contributed by atoms with Gasteiger partial charge in [-0.05, 0) is 29.5 Å². The second-order valence-electron chi connectivity index (χ2n) is 5.94. The molecule has 3 rings (SSSR count). The number of nitrogens with one attached hydrogen (secondary N) is 3. The zero-order valence-corrected chi connectivity index (χ0v) is 14.9. The van der Waals surface area contributed by atoms with Crippen LogP contribution in [0.25, 0.3) is 11.0 Å². The topological polar surface area (TPSA) is 86.9 Å². The molecule has 2 amide bonds. The van der Waals surface area contributed by atoms with E-state index in [4.69, 9.17) is 0 Å². The van der Waals surface area contributed by atoms with Gasteiger partial charge in [0, 0.05) is 5.38 Å². The Hall–Kier alpha value is -2.67. The highest BCUT2D eigenvalue weighted by molar-refractivity contribution is 7.08. The molecule has 0 unspecified atom stereocenters. The number of nitrogens with zero attached hydrogens (tertiary/aromatic N) is 1. The molecule has 2 atom stereocenters. The fraction of sp³-hybridized carbons (Fsp3) is 0.278. The number of carbonyl (C=O) groups excluding carboxylic acids is 2. The van der Waals surface area contributed by atoms with E-state index < -0.39 is 6.04 Å². The molecule has 0 saturated carbocycles. The van der Waals surface area contributed by atoms with Crippen LogP contribution in [-0.4, -0.2) is 27.8 Å². The molecule has 0 aliphatic heterocycles. The van der Waals surface area contributed by atoms with Gasteiger partial charge in [0.05, 0.1) is 16.6 Å². The lowest BCUT2D eigenvalue weighted by Crippen LogP contribution is -2.47. The number of hydrogen-bond donors (Lipinski definition) is 3. The minimum atomic E-state index is -0.634. The van der Waals surface area contributed by atoms with E-state index in [1.54, 1.807) is 11.4 Å². The van der Waals surface area contributed by atoms with Crippen LogP contribution < -0.4 is 10.6 Å². The lowest BCUT2D eigenvalue weighted by Gasteiger charge is -2.22. The second-order valence-corrected chi connectivity index (χ2v) is 6.72. The Morgan fingerprint density at radius 3 is 2.76 bits per heavy atom. The number of carbonyl (C=O) groups is 2. The molecule has 7 heteroatoms. The first-order chi connectivity index (χ1) is 12.1. The average molecular weight is 356 g/mol. The summed E-state index contributed by atoms with van der Waals surface area (Å²) in [4.78, 5) is 32.5. The zero-order chi connectivity index (χ0) is 17.8. The molecule has 25 heavy (non-hydrogen) atoms. The maximum atomic E-state index is 12.7. The van der Waals surface area contributed by atoms with Crippen LogP contribution in [0, 0.1) is 5.92 Å². The van der Waals surface area contributed by atoms with E-state index in [-0.39, 0.29) is 17.7 Å². The third-order valence-electron chi connectivity index (χ3n) is 4.20. The molecular weight excluding hydrogens is 336 g/mol. The molecule has 0 aliphatic rings. The van der Waals surface area contributed by atoms with Gasteiger partial charge in [0.1, 0.15) is 6.04 Å². The largest absolute Gasteiger partial charge is 0.340 e. The van der Waals surface area contributed by atoms with Crippen molar-refractivity contribution in [1.29, 1.82) is 0 Å². The maximum absolute atomic E-state index is 12.7. The van der Waals surface area contributed by atoms with Gasteiger partial charge in [-0.2, -0.15) is 11.3 Å². The van der Waals surface area contributed by atoms with Gasteiger partial charge in [0.15, 0.2) is 0 Å². The quantitative estimate of drug-likeness (QED) is 0.632. The van der Waals surface area contributed by atoms with Gasteiger partial charge in [0.25, 0.3) is 5.91 Å². The molecule has 3 N–H and O–H groups in total. The number of fused-ring (bicyclic) bond motifs is 1. The summed E-state index contributed by atoms with van der Waals surface area (Å²) in [6, 6.07) is 8.65. The Balaban J connectivity index is 1.75. The van der Waals surface area contributed by atoms with Crippen molar-refractivity contribution in [2.75, 3.05) is 5.32 Å². The molecule has 0 bridgehead atoms. The van der Waals surface area contributed by atoms with E-state index in [9.17, 15) is 9.59 Å². The van der Waals surface area contributed by atoms with Crippen molar-refractivity contribution in [3.63, 3.8) is 0 Å². The maximum Gasteiger partial charge on any atom is 0.252 e. The fourth-order valence-corrected chi connectivity index (χ4v) is 3.16. The van der Waals surface area contributed by atoms with Crippen LogP contribution in [0.1, 0.15) is 30.6 Å². The van der Waals surface area contributed by atoms with E-state index in [1.165, 1.54) is 11.3 Å². The number of thiophene rings is 1. The number of rotatable bonds is 6. The molecular formula is C18H20N4O2S. The van der Waals surface area contributed by atoms with Crippen molar-refractivity contribution in [3.05, 3.63) is 46.7 Å². The number of hydrogen-bond acceptors (Lipinski definition) is 4. The predicted octanol–water partition coefficient (Wildman–Crippen LogP) is 3.41. The molecule has 0 aliphatic carbocycles. The van der Waals surface area contributed by atoms with Gasteiger partial charge in [-0.3, -0.25) is 14.9 Å². The molecule has 2 aromatic heterocycles. The third kappa shape index (κ3) is 3.88. The lowest BCUT2D eigenvalue weighted by atomic mass is 9.98. The van der Waals surface area contributed by atoms with Crippen LogP contribution in [0.15, 0.2) is 41.1 Å². The van der Waals surface area contributed by atoms with Crippen molar-refractivity contribution in [2.45, 2.75) is 26.3 Å². The molecule has 0 spiro atoms. The van der Waals surface area contributed by atoms with Crippen molar-refractivity contribution in [1.82, 2.24) is 15.3 Å². The summed E-state index contributed by atoms with van der Waals surface area (Å²) < 4.78 is 0. The summed E-state index contributed by atoms with van der Waals surface area (Å²) in [5.41, 5.74) is 2.19. The van der Waals surface area contributed by atoms with E-state index >= 15 is 0 Å². The molecule has 2 heterocycles. The first kappa shape index (κ1) is 17.2. The standard InChI is InChI=1S/C18H20N4O2S/c1-3-11(2)15(21-16(23)12-8-9-25-10-12)17(24)22-18-19-13-6-4-5-7-14(13)20-18/h4-11,15H,3H2,1-2H3,(H,21,23)(H2,19,20,22,24)/t11-,15-/m1/s1. The number of aromatic amines is 1. The van der Waals surface area contributed by atoms with Crippen molar-refractivity contribution in [3.8, 4) is 0 Å². The summed E-state index contributed by atoms with van der Waals surface area (Å²) in [6.07, 6.45) is 0.766. The lowest BCUT2D eigenvalue weighted by molar-refractivity contribution is -0.119. The Morgan fingerprint density at radius 2 is 2.08 bits per heavy atom. The van der Waals surface area contributed by atoms with E-state index in [1.807, 2.05) is 43.5 Å². The van der Waals surface area contributed by atoms with Gasteiger partial charge in [0.2, 0.25) is 11.9 Å². The van der Waals surface area contributed by atoms with Crippen LogP contribution in [0.5, 0.6) is 0 Å². The Bertz CT molecular complexity index is 839. The van der Waals surface area contributed by atoms with Crippen LogP contribution in [0.2, 0.25) is 0 Å². The summed E-state index contributed by atoms with van der Waals surface area (Å²) in [5, 5.41) is 9.22. The Labute approximate surface area is 149 Å². The van der Waals surface area contributed by atoms with Crippen LogP contribution in [0.3, 0.4) is 0 Å². The van der Waals surface area contributed by atoms with E-state index in [0.29, 0.717) is 11.5 Å². The van der Waals surface area contributed by atoms with E-state index in [2.05, 4.69) is 20.6 Å². The Kier molecular flexibility index (Phi) is 5.14. The van der Waals surface area contributed by atoms with Gasteiger partial charge in [-0.15, -0.1) is 0 Å². The molecule has 0 saturated heterocycles. The smallest absolute Gasteiger partial charge is 0.252 e. The number of H-pyrrole nitrogens is 1. The van der Waals surface area contributed by atoms with Gasteiger partial charge in [-0.25, -0.2) is 4.98 Å². The Morgan fingerprint density at radius 1 is 1.28 bits per heavy atom. The van der Waals surface area contributed by atoms with Crippen LogP contribution in [0.4, 0.5) is 5.95 Å². The number of aromatic nitrogens is 2. The zero-order valence-electron chi connectivity index (χ0n) is 14.1. The summed E-state index contributed by atoms with van der Waals surface area (Å²) in [5.74, 6) is -0.153. The van der Waals surface area contributed by atoms with Gasteiger partial charge >= 0.3 is 0 Å². The normalized spacial score (nSPS) is 13.4. The predicted molar refractivity (Wildman–Crippen MR) is 99.8 cm³/mol. The van der Waals surface area contributed by atoms with Crippen molar-refractivity contribution < 1.29 is 9.59 Å². The van der Waals surface area contributed by atoms with Gasteiger partial charge < -0.3 is 10.3 Å². The van der Waals surface area contributed by atoms with Gasteiger partial charge in [-0.1, -0.05) is 32.4 Å². The summed E-state index contributed by atoms with van der Waals surface area (Å²) >= 11 is 1.45. The molecule has 1 aromatic carbocycles. The number of benzene rings is 1. The molecule has 0 radical (unpaired) electrons. The number of anilines is 1. The molecule has 3 aromatic rings.